The molecule has 0 aliphatic heterocycles. The Morgan fingerprint density at radius 2 is 2.21 bits per heavy atom. The van der Waals surface area contributed by atoms with Crippen LogP contribution in [0.1, 0.15) is 26.6 Å². The van der Waals surface area contributed by atoms with Gasteiger partial charge in [0, 0.05) is 0 Å². The quantitative estimate of drug-likeness (QED) is 0.665. The Hall–Kier alpha value is -1.59. The molecule has 6 heteroatoms. The molecular weight excluding hydrogens is 184 g/mol. The van der Waals surface area contributed by atoms with Crippen molar-refractivity contribution in [3.63, 3.8) is 0 Å². The van der Waals surface area contributed by atoms with Gasteiger partial charge in [-0.15, -0.1) is 5.10 Å². The van der Waals surface area contributed by atoms with Crippen LogP contribution < -0.4 is 5.73 Å². The van der Waals surface area contributed by atoms with Crippen LogP contribution in [0.15, 0.2) is 0 Å². The minimum atomic E-state index is -0.483. The number of carbonyl (C=O) groups excluding carboxylic acids is 1. The van der Waals surface area contributed by atoms with E-state index in [9.17, 15) is 4.79 Å². The Morgan fingerprint density at radius 3 is 2.64 bits per heavy atom. The first-order valence-electron chi connectivity index (χ1n) is 4.25. The summed E-state index contributed by atoms with van der Waals surface area (Å²) in [5, 5.41) is 6.14. The summed E-state index contributed by atoms with van der Waals surface area (Å²) in [5.74, 6) is 0.189. The normalized spacial score (nSPS) is 11.4. The van der Waals surface area contributed by atoms with E-state index in [1.165, 1.54) is 0 Å². The monoisotopic (exact) mass is 198 g/mol. The predicted octanol–water partition coefficient (Wildman–Crippen LogP) is 0.271. The summed E-state index contributed by atoms with van der Waals surface area (Å²) in [6, 6.07) is 0. The van der Waals surface area contributed by atoms with Gasteiger partial charge in [-0.3, -0.25) is 9.89 Å². The number of hydrogen-bond acceptors (Lipinski definition) is 5. The van der Waals surface area contributed by atoms with E-state index in [1.807, 2.05) is 0 Å². The van der Waals surface area contributed by atoms with Crippen LogP contribution in [0, 0.1) is 0 Å². The third-order valence-corrected chi connectivity index (χ3v) is 1.28. The van der Waals surface area contributed by atoms with Crippen molar-refractivity contribution in [1.82, 2.24) is 15.2 Å². The molecule has 14 heavy (non-hydrogen) atoms. The first kappa shape index (κ1) is 10.5. The lowest BCUT2D eigenvalue weighted by molar-refractivity contribution is -0.154. The number of rotatable bonds is 2. The number of anilines is 1. The van der Waals surface area contributed by atoms with Gasteiger partial charge in [-0.05, 0) is 20.8 Å². The SMILES string of the molecule is CC(C)(C)OC(=O)Cc1nc(N)n[nH]1. The second-order valence-electron chi connectivity index (χ2n) is 3.90. The number of nitrogen functional groups attached to an aromatic ring is 1. The third kappa shape index (κ3) is 3.42. The van der Waals surface area contributed by atoms with Gasteiger partial charge in [0.1, 0.15) is 17.8 Å². The van der Waals surface area contributed by atoms with E-state index in [2.05, 4.69) is 15.2 Å². The van der Waals surface area contributed by atoms with Crippen molar-refractivity contribution in [2.24, 2.45) is 0 Å². The summed E-state index contributed by atoms with van der Waals surface area (Å²) >= 11 is 0. The molecule has 78 valence electrons. The van der Waals surface area contributed by atoms with Gasteiger partial charge in [0.2, 0.25) is 5.95 Å². The van der Waals surface area contributed by atoms with Crippen molar-refractivity contribution in [2.45, 2.75) is 32.8 Å². The van der Waals surface area contributed by atoms with E-state index in [4.69, 9.17) is 10.5 Å². The number of hydrogen-bond donors (Lipinski definition) is 2. The summed E-state index contributed by atoms with van der Waals surface area (Å²) in [4.78, 5) is 15.1. The zero-order chi connectivity index (χ0) is 10.8. The number of ether oxygens (including phenoxy) is 1. The Bertz CT molecular complexity index is 326. The minimum Gasteiger partial charge on any atom is -0.460 e. The number of aromatic nitrogens is 3. The number of esters is 1. The molecule has 1 aromatic rings. The lowest BCUT2D eigenvalue weighted by atomic mass is 10.2. The molecule has 0 fully saturated rings. The Morgan fingerprint density at radius 1 is 1.57 bits per heavy atom. The Labute approximate surface area is 81.9 Å². The average molecular weight is 198 g/mol. The van der Waals surface area contributed by atoms with Crippen LogP contribution in [-0.2, 0) is 16.0 Å². The molecule has 0 aliphatic carbocycles. The number of nitrogens with one attached hydrogen (secondary N) is 1. The molecule has 0 atom stereocenters. The zero-order valence-corrected chi connectivity index (χ0v) is 8.50. The average Bonchev–Trinajstić information content (AvgIpc) is 2.30. The highest BCUT2D eigenvalue weighted by molar-refractivity contribution is 5.72. The topological polar surface area (TPSA) is 93.9 Å². The van der Waals surface area contributed by atoms with Crippen molar-refractivity contribution in [3.05, 3.63) is 5.82 Å². The van der Waals surface area contributed by atoms with E-state index in [0.717, 1.165) is 0 Å². The van der Waals surface area contributed by atoms with Crippen molar-refractivity contribution in [3.8, 4) is 0 Å². The number of nitrogens with zero attached hydrogens (tertiary/aromatic N) is 2. The van der Waals surface area contributed by atoms with Crippen LogP contribution in [0.2, 0.25) is 0 Å². The van der Waals surface area contributed by atoms with Gasteiger partial charge in [-0.25, -0.2) is 0 Å². The molecule has 0 aliphatic rings. The largest absolute Gasteiger partial charge is 0.460 e. The van der Waals surface area contributed by atoms with Crippen LogP contribution in [0.25, 0.3) is 0 Å². The third-order valence-electron chi connectivity index (χ3n) is 1.28. The molecule has 3 N–H and O–H groups in total. The Kier molecular flexibility index (Phi) is 2.73. The first-order valence-corrected chi connectivity index (χ1v) is 4.25. The molecule has 1 aromatic heterocycles. The van der Waals surface area contributed by atoms with Crippen LogP contribution >= 0.6 is 0 Å². The van der Waals surface area contributed by atoms with Gasteiger partial charge in [0.15, 0.2) is 0 Å². The van der Waals surface area contributed by atoms with Crippen LogP contribution in [0.5, 0.6) is 0 Å². The molecule has 0 bridgehead atoms. The fourth-order valence-corrected chi connectivity index (χ4v) is 0.903. The molecule has 0 spiro atoms. The minimum absolute atomic E-state index is 0.0570. The van der Waals surface area contributed by atoms with Gasteiger partial charge in [-0.2, -0.15) is 4.98 Å². The molecular formula is C8H14N4O2. The summed E-state index contributed by atoms with van der Waals surface area (Å²) in [5.41, 5.74) is 4.79. The molecule has 0 unspecified atom stereocenters. The highest BCUT2D eigenvalue weighted by atomic mass is 16.6. The van der Waals surface area contributed by atoms with Crippen molar-refractivity contribution >= 4 is 11.9 Å². The van der Waals surface area contributed by atoms with Crippen LogP contribution in [0.4, 0.5) is 5.95 Å². The molecule has 0 radical (unpaired) electrons. The van der Waals surface area contributed by atoms with E-state index in [1.54, 1.807) is 20.8 Å². The molecule has 6 nitrogen and oxygen atoms in total. The fourth-order valence-electron chi connectivity index (χ4n) is 0.903. The summed E-state index contributed by atoms with van der Waals surface area (Å²) in [7, 11) is 0. The van der Waals surface area contributed by atoms with Crippen molar-refractivity contribution < 1.29 is 9.53 Å². The summed E-state index contributed by atoms with van der Waals surface area (Å²) in [6.45, 7) is 5.42. The highest BCUT2D eigenvalue weighted by Gasteiger charge is 2.17. The van der Waals surface area contributed by atoms with Crippen LogP contribution in [0.3, 0.4) is 0 Å². The lowest BCUT2D eigenvalue weighted by Crippen LogP contribution is -2.25. The molecule has 0 amide bonds. The molecule has 0 aromatic carbocycles. The number of aromatic amines is 1. The standard InChI is InChI=1S/C8H14N4O2/c1-8(2,3)14-6(13)4-5-10-7(9)12-11-5/h4H2,1-3H3,(H3,9,10,11,12). The van der Waals surface area contributed by atoms with E-state index in [0.29, 0.717) is 5.82 Å². The van der Waals surface area contributed by atoms with Crippen LogP contribution in [-0.4, -0.2) is 26.8 Å². The maximum atomic E-state index is 11.3. The molecule has 1 heterocycles. The van der Waals surface area contributed by atoms with E-state index in [-0.39, 0.29) is 18.3 Å². The van der Waals surface area contributed by atoms with Gasteiger partial charge < -0.3 is 10.5 Å². The second-order valence-corrected chi connectivity index (χ2v) is 3.90. The van der Waals surface area contributed by atoms with Gasteiger partial charge in [-0.1, -0.05) is 0 Å². The first-order chi connectivity index (χ1) is 6.37. The predicted molar refractivity (Wildman–Crippen MR) is 50.3 cm³/mol. The second kappa shape index (κ2) is 3.65. The molecule has 1 rings (SSSR count). The number of nitrogens with two attached hydrogens (primary N) is 1. The van der Waals surface area contributed by atoms with Crippen molar-refractivity contribution in [2.75, 3.05) is 5.73 Å². The maximum Gasteiger partial charge on any atom is 0.314 e. The van der Waals surface area contributed by atoms with Gasteiger partial charge in [0.05, 0.1) is 0 Å². The van der Waals surface area contributed by atoms with Gasteiger partial charge in [0.25, 0.3) is 0 Å². The summed E-state index contributed by atoms with van der Waals surface area (Å²) < 4.78 is 5.08. The molecule has 0 saturated carbocycles. The Balaban J connectivity index is 2.50. The van der Waals surface area contributed by atoms with E-state index < -0.39 is 5.60 Å². The van der Waals surface area contributed by atoms with E-state index >= 15 is 0 Å². The summed E-state index contributed by atoms with van der Waals surface area (Å²) in [6.07, 6.45) is 0.0570. The number of H-pyrrole nitrogens is 1. The van der Waals surface area contributed by atoms with Crippen molar-refractivity contribution in [1.29, 1.82) is 0 Å². The maximum absolute atomic E-state index is 11.3. The number of carbonyl (C=O) groups is 1. The fraction of sp³-hybridized carbons (Fsp3) is 0.625. The smallest absolute Gasteiger partial charge is 0.314 e. The molecule has 0 saturated heterocycles. The lowest BCUT2D eigenvalue weighted by Gasteiger charge is -2.18. The van der Waals surface area contributed by atoms with Gasteiger partial charge >= 0.3 is 5.97 Å². The highest BCUT2D eigenvalue weighted by Crippen LogP contribution is 2.08. The zero-order valence-electron chi connectivity index (χ0n) is 8.50.